The number of benzene rings is 1. The Bertz CT molecular complexity index is 916. The van der Waals surface area contributed by atoms with Crippen molar-refractivity contribution < 1.29 is 8.42 Å². The van der Waals surface area contributed by atoms with Crippen molar-refractivity contribution in [3.63, 3.8) is 0 Å². The first-order valence-corrected chi connectivity index (χ1v) is 11.5. The Labute approximate surface area is 172 Å². The Morgan fingerprint density at radius 3 is 1.69 bits per heavy atom. The molecule has 0 bridgehead atoms. The van der Waals surface area contributed by atoms with Crippen LogP contribution >= 0.6 is 0 Å². The number of rotatable bonds is 4. The molecule has 2 aliphatic rings. The predicted octanol–water partition coefficient (Wildman–Crippen LogP) is 1.05. The second-order valence-electron chi connectivity index (χ2n) is 7.74. The summed E-state index contributed by atoms with van der Waals surface area (Å²) in [6.45, 7) is 8.02. The van der Waals surface area contributed by atoms with Crippen LogP contribution in [0.5, 0.6) is 0 Å². The van der Waals surface area contributed by atoms with Crippen molar-refractivity contribution in [1.29, 1.82) is 0 Å². The lowest BCUT2D eigenvalue weighted by atomic mass is 10.2. The van der Waals surface area contributed by atoms with E-state index >= 15 is 0 Å². The zero-order valence-electron chi connectivity index (χ0n) is 17.0. The van der Waals surface area contributed by atoms with E-state index in [2.05, 4.69) is 31.9 Å². The molecule has 0 unspecified atom stereocenters. The molecule has 2 fully saturated rings. The van der Waals surface area contributed by atoms with Crippen molar-refractivity contribution >= 4 is 21.7 Å². The molecule has 0 aliphatic carbocycles. The van der Waals surface area contributed by atoms with E-state index in [4.69, 9.17) is 0 Å². The molecule has 3 heterocycles. The SMILES string of the molecule is Cc1ccc(S(=O)(=O)N2CCN(c3ccc(N4CCN(C)CC4)nn3)CC2)cc1. The molecule has 2 aliphatic heterocycles. The van der Waals surface area contributed by atoms with Crippen molar-refractivity contribution in [1.82, 2.24) is 19.4 Å². The fraction of sp³-hybridized carbons (Fsp3) is 0.500. The molecule has 2 aromatic rings. The normalized spacial score (nSPS) is 19.5. The largest absolute Gasteiger partial charge is 0.353 e. The van der Waals surface area contributed by atoms with Gasteiger partial charge in [0.2, 0.25) is 10.0 Å². The van der Waals surface area contributed by atoms with E-state index in [0.717, 1.165) is 43.4 Å². The molecule has 0 saturated carbocycles. The highest BCUT2D eigenvalue weighted by Gasteiger charge is 2.29. The van der Waals surface area contributed by atoms with Crippen LogP contribution in [0.4, 0.5) is 11.6 Å². The van der Waals surface area contributed by atoms with E-state index < -0.39 is 10.0 Å². The maximum atomic E-state index is 12.9. The molecular formula is C20H28N6O2S. The average Bonchev–Trinajstić information content (AvgIpc) is 2.75. The number of hydrogen-bond donors (Lipinski definition) is 0. The van der Waals surface area contributed by atoms with Crippen LogP contribution in [-0.2, 0) is 10.0 Å². The molecule has 1 aromatic heterocycles. The molecule has 0 amide bonds. The van der Waals surface area contributed by atoms with Gasteiger partial charge >= 0.3 is 0 Å². The molecule has 0 spiro atoms. The third-order valence-electron chi connectivity index (χ3n) is 5.69. The number of nitrogens with zero attached hydrogens (tertiary/aromatic N) is 6. The molecule has 9 heteroatoms. The van der Waals surface area contributed by atoms with Crippen LogP contribution in [0.1, 0.15) is 5.56 Å². The zero-order valence-corrected chi connectivity index (χ0v) is 17.8. The minimum absolute atomic E-state index is 0.355. The fourth-order valence-electron chi connectivity index (χ4n) is 3.71. The summed E-state index contributed by atoms with van der Waals surface area (Å²) in [6, 6.07) is 11.0. The Morgan fingerprint density at radius 1 is 0.724 bits per heavy atom. The van der Waals surface area contributed by atoms with Gasteiger partial charge in [-0.2, -0.15) is 4.31 Å². The molecular weight excluding hydrogens is 388 g/mol. The lowest BCUT2D eigenvalue weighted by Gasteiger charge is -2.35. The second kappa shape index (κ2) is 8.25. The van der Waals surface area contributed by atoms with Crippen LogP contribution < -0.4 is 9.80 Å². The Kier molecular flexibility index (Phi) is 5.71. The summed E-state index contributed by atoms with van der Waals surface area (Å²) in [5.41, 5.74) is 1.05. The van der Waals surface area contributed by atoms with Gasteiger partial charge in [-0.15, -0.1) is 10.2 Å². The standard InChI is InChI=1S/C20H28N6O2S/c1-17-3-5-18(6-4-17)29(27,28)26-15-13-25(14-16-26)20-8-7-19(21-22-20)24-11-9-23(2)10-12-24/h3-8H,9-16H2,1-2H3. The first-order valence-electron chi connectivity index (χ1n) is 10.0. The van der Waals surface area contributed by atoms with E-state index in [9.17, 15) is 8.42 Å². The van der Waals surface area contributed by atoms with Crippen LogP contribution in [0.15, 0.2) is 41.3 Å². The summed E-state index contributed by atoms with van der Waals surface area (Å²) in [5, 5.41) is 8.81. The molecule has 8 nitrogen and oxygen atoms in total. The minimum Gasteiger partial charge on any atom is -0.353 e. The molecule has 1 aromatic carbocycles. The van der Waals surface area contributed by atoms with Crippen LogP contribution in [0.2, 0.25) is 0 Å². The summed E-state index contributed by atoms with van der Waals surface area (Å²) in [4.78, 5) is 7.01. The molecule has 156 valence electrons. The fourth-order valence-corrected chi connectivity index (χ4v) is 5.13. The second-order valence-corrected chi connectivity index (χ2v) is 9.68. The van der Waals surface area contributed by atoms with Gasteiger partial charge in [0.15, 0.2) is 11.6 Å². The highest BCUT2D eigenvalue weighted by atomic mass is 32.2. The summed E-state index contributed by atoms with van der Waals surface area (Å²) >= 11 is 0. The third kappa shape index (κ3) is 4.36. The van der Waals surface area contributed by atoms with Gasteiger partial charge < -0.3 is 14.7 Å². The quantitative estimate of drug-likeness (QED) is 0.738. The summed E-state index contributed by atoms with van der Waals surface area (Å²) in [5.74, 6) is 1.71. The molecule has 0 atom stereocenters. The Morgan fingerprint density at radius 2 is 1.21 bits per heavy atom. The monoisotopic (exact) mass is 416 g/mol. The summed E-state index contributed by atoms with van der Waals surface area (Å²) < 4.78 is 27.3. The van der Waals surface area contributed by atoms with Gasteiger partial charge in [0.25, 0.3) is 0 Å². The first-order chi connectivity index (χ1) is 13.9. The van der Waals surface area contributed by atoms with Gasteiger partial charge in [-0.25, -0.2) is 8.42 Å². The van der Waals surface area contributed by atoms with Gasteiger partial charge in [0, 0.05) is 52.4 Å². The van der Waals surface area contributed by atoms with Crippen LogP contribution in [0.3, 0.4) is 0 Å². The summed E-state index contributed by atoms with van der Waals surface area (Å²) in [7, 11) is -1.32. The molecule has 2 saturated heterocycles. The predicted molar refractivity (Wildman–Crippen MR) is 114 cm³/mol. The van der Waals surface area contributed by atoms with Crippen molar-refractivity contribution in [2.24, 2.45) is 0 Å². The van der Waals surface area contributed by atoms with E-state index in [1.807, 2.05) is 31.2 Å². The molecule has 4 rings (SSSR count). The maximum absolute atomic E-state index is 12.9. The number of likely N-dealkylation sites (N-methyl/N-ethyl adjacent to an activating group) is 1. The van der Waals surface area contributed by atoms with Crippen LogP contribution in [0, 0.1) is 6.92 Å². The number of aryl methyl sites for hydroxylation is 1. The van der Waals surface area contributed by atoms with Crippen LogP contribution in [-0.4, -0.2) is 87.2 Å². The number of sulfonamides is 1. The van der Waals surface area contributed by atoms with Crippen molar-refractivity contribution in [2.75, 3.05) is 69.2 Å². The first kappa shape index (κ1) is 20.1. The molecule has 0 N–H and O–H groups in total. The Hall–Kier alpha value is -2.23. The topological polar surface area (TPSA) is 72.9 Å². The lowest BCUT2D eigenvalue weighted by molar-refractivity contribution is 0.312. The number of anilines is 2. The smallest absolute Gasteiger partial charge is 0.243 e. The lowest BCUT2D eigenvalue weighted by Crippen LogP contribution is -2.49. The van der Waals surface area contributed by atoms with Gasteiger partial charge in [0.05, 0.1) is 4.90 Å². The van der Waals surface area contributed by atoms with Crippen molar-refractivity contribution in [3.05, 3.63) is 42.0 Å². The van der Waals surface area contributed by atoms with Gasteiger partial charge in [0.1, 0.15) is 0 Å². The summed E-state index contributed by atoms with van der Waals surface area (Å²) in [6.07, 6.45) is 0. The third-order valence-corrected chi connectivity index (χ3v) is 7.60. The van der Waals surface area contributed by atoms with E-state index in [-0.39, 0.29) is 0 Å². The van der Waals surface area contributed by atoms with Crippen molar-refractivity contribution in [2.45, 2.75) is 11.8 Å². The van der Waals surface area contributed by atoms with Gasteiger partial charge in [-0.3, -0.25) is 0 Å². The number of hydrogen-bond acceptors (Lipinski definition) is 7. The highest BCUT2D eigenvalue weighted by Crippen LogP contribution is 2.21. The van der Waals surface area contributed by atoms with E-state index in [1.165, 1.54) is 0 Å². The van der Waals surface area contributed by atoms with E-state index in [1.54, 1.807) is 16.4 Å². The van der Waals surface area contributed by atoms with Crippen molar-refractivity contribution in [3.8, 4) is 0 Å². The number of aromatic nitrogens is 2. The Balaban J connectivity index is 1.37. The van der Waals surface area contributed by atoms with E-state index in [0.29, 0.717) is 31.1 Å². The van der Waals surface area contributed by atoms with Gasteiger partial charge in [-0.05, 0) is 38.2 Å². The van der Waals surface area contributed by atoms with Gasteiger partial charge in [-0.1, -0.05) is 17.7 Å². The average molecular weight is 417 g/mol. The van der Waals surface area contributed by atoms with Crippen LogP contribution in [0.25, 0.3) is 0 Å². The molecule has 0 radical (unpaired) electrons. The highest BCUT2D eigenvalue weighted by molar-refractivity contribution is 7.89. The maximum Gasteiger partial charge on any atom is 0.243 e. The zero-order chi connectivity index (χ0) is 20.4. The number of piperazine rings is 2. The molecule has 29 heavy (non-hydrogen) atoms. The minimum atomic E-state index is -3.45.